The Morgan fingerprint density at radius 3 is 1.28 bits per heavy atom. The largest absolute Gasteiger partial charge is 0.461 e. The average Bonchev–Trinajstić information content (AvgIpc) is 2.68. The van der Waals surface area contributed by atoms with Crippen molar-refractivity contribution < 1.29 is 14.3 Å². The molecular formula is C16H6Cl10O3. The average molecular weight is 601 g/mol. The van der Waals surface area contributed by atoms with Crippen molar-refractivity contribution in [1.29, 1.82) is 0 Å². The lowest BCUT2D eigenvalue weighted by atomic mass is 10.2. The fourth-order valence-corrected chi connectivity index (χ4v) is 4.20. The van der Waals surface area contributed by atoms with Crippen LogP contribution in [0.2, 0.25) is 50.2 Å². The Hall–Kier alpha value is 0.480. The van der Waals surface area contributed by atoms with Gasteiger partial charge in [0.05, 0.1) is 55.8 Å². The normalized spacial score (nSPS) is 10.3. The maximum absolute atomic E-state index is 10.7. The van der Waals surface area contributed by atoms with Gasteiger partial charge in [0.1, 0.15) is 6.61 Å². The number of carbonyl (C=O) groups is 2. The monoisotopic (exact) mass is 596 g/mol. The second kappa shape index (κ2) is 11.9. The van der Waals surface area contributed by atoms with Crippen LogP contribution in [0.15, 0.2) is 0 Å². The van der Waals surface area contributed by atoms with Gasteiger partial charge in [0.15, 0.2) is 6.29 Å². The molecule has 0 saturated carbocycles. The van der Waals surface area contributed by atoms with Gasteiger partial charge >= 0.3 is 5.97 Å². The minimum Gasteiger partial charge on any atom is -0.461 e. The summed E-state index contributed by atoms with van der Waals surface area (Å²) in [6.07, 6.45) is 0.471. The van der Waals surface area contributed by atoms with Gasteiger partial charge in [-0.2, -0.15) is 0 Å². The van der Waals surface area contributed by atoms with Crippen LogP contribution in [0, 0.1) is 0 Å². The smallest absolute Gasteiger partial charge is 0.302 e. The molecule has 0 aromatic heterocycles. The summed E-state index contributed by atoms with van der Waals surface area (Å²) in [5.41, 5.74) is 0.376. The van der Waals surface area contributed by atoms with E-state index in [0.717, 1.165) is 0 Å². The van der Waals surface area contributed by atoms with E-state index in [2.05, 4.69) is 0 Å². The van der Waals surface area contributed by atoms with Gasteiger partial charge in [-0.25, -0.2) is 0 Å². The Labute approximate surface area is 215 Å². The number of carbonyl (C=O) groups excluding carboxylic acids is 2. The molecule has 13 heteroatoms. The van der Waals surface area contributed by atoms with Gasteiger partial charge in [-0.3, -0.25) is 9.59 Å². The van der Waals surface area contributed by atoms with E-state index >= 15 is 0 Å². The lowest BCUT2D eigenvalue weighted by Crippen LogP contribution is -2.01. The molecule has 0 spiro atoms. The molecule has 0 radical (unpaired) electrons. The van der Waals surface area contributed by atoms with Crippen molar-refractivity contribution in [3.63, 3.8) is 0 Å². The Morgan fingerprint density at radius 1 is 0.655 bits per heavy atom. The number of aldehydes is 1. The third kappa shape index (κ3) is 6.49. The van der Waals surface area contributed by atoms with Gasteiger partial charge in [-0.05, 0) is 0 Å². The molecular weight excluding hydrogens is 595 g/mol. The molecule has 158 valence electrons. The van der Waals surface area contributed by atoms with E-state index in [1.807, 2.05) is 0 Å². The zero-order chi connectivity index (χ0) is 22.6. The fraction of sp³-hybridized carbons (Fsp3) is 0.125. The van der Waals surface area contributed by atoms with Gasteiger partial charge < -0.3 is 4.74 Å². The van der Waals surface area contributed by atoms with Crippen LogP contribution in [0.1, 0.15) is 22.8 Å². The van der Waals surface area contributed by atoms with E-state index in [9.17, 15) is 9.59 Å². The van der Waals surface area contributed by atoms with E-state index in [4.69, 9.17) is 121 Å². The van der Waals surface area contributed by atoms with Crippen LogP contribution in [0.4, 0.5) is 0 Å². The van der Waals surface area contributed by atoms with Crippen LogP contribution in [0.25, 0.3) is 0 Å². The van der Waals surface area contributed by atoms with E-state index in [-0.39, 0.29) is 62.4 Å². The van der Waals surface area contributed by atoms with Crippen molar-refractivity contribution in [2.75, 3.05) is 0 Å². The van der Waals surface area contributed by atoms with E-state index in [1.54, 1.807) is 0 Å². The topological polar surface area (TPSA) is 43.4 Å². The summed E-state index contributed by atoms with van der Waals surface area (Å²) in [5.74, 6) is -0.464. The molecule has 2 rings (SSSR count). The number of ether oxygens (including phenoxy) is 1. The molecule has 2 aromatic rings. The summed E-state index contributed by atoms with van der Waals surface area (Å²) in [4.78, 5) is 21.2. The molecule has 0 aliphatic heterocycles. The SMILES string of the molecule is CC(=O)OCc1c(Cl)c(Cl)c(Cl)c(Cl)c1Cl.O=Cc1c(Cl)c(Cl)c(Cl)c(Cl)c1Cl. The molecule has 29 heavy (non-hydrogen) atoms. The Kier molecular flexibility index (Phi) is 11.3. The first-order valence-corrected chi connectivity index (χ1v) is 10.7. The third-order valence-corrected chi connectivity index (χ3v) is 7.74. The molecule has 0 saturated heterocycles. The molecule has 0 amide bonds. The second-order valence-electron chi connectivity index (χ2n) is 4.93. The molecule has 0 aliphatic rings. The van der Waals surface area contributed by atoms with Crippen molar-refractivity contribution in [3.05, 3.63) is 61.4 Å². The first-order valence-electron chi connectivity index (χ1n) is 6.96. The molecule has 0 aliphatic carbocycles. The van der Waals surface area contributed by atoms with Gasteiger partial charge in [-0.1, -0.05) is 116 Å². The van der Waals surface area contributed by atoms with Crippen LogP contribution in [0.5, 0.6) is 0 Å². The summed E-state index contributed by atoms with van der Waals surface area (Å²) in [5, 5.41) is 0.616. The minimum atomic E-state index is -0.464. The zero-order valence-corrected chi connectivity index (χ0v) is 21.3. The van der Waals surface area contributed by atoms with Crippen molar-refractivity contribution in [3.8, 4) is 0 Å². The number of halogens is 10. The van der Waals surface area contributed by atoms with Gasteiger partial charge in [0.2, 0.25) is 0 Å². The van der Waals surface area contributed by atoms with Crippen LogP contribution >= 0.6 is 116 Å². The van der Waals surface area contributed by atoms with Crippen LogP contribution in [-0.4, -0.2) is 12.3 Å². The lowest BCUT2D eigenvalue weighted by molar-refractivity contribution is -0.142. The summed E-state index contributed by atoms with van der Waals surface area (Å²) in [6.45, 7) is 1.16. The Morgan fingerprint density at radius 2 is 0.966 bits per heavy atom. The lowest BCUT2D eigenvalue weighted by Gasteiger charge is -2.11. The highest BCUT2D eigenvalue weighted by molar-refractivity contribution is 6.56. The molecule has 2 aromatic carbocycles. The number of hydrogen-bond acceptors (Lipinski definition) is 3. The Balaban J connectivity index is 0.000000296. The second-order valence-corrected chi connectivity index (χ2v) is 8.71. The standard InChI is InChI=1S/C9H5Cl5O2.C7HCl5O/c1-3(15)16-2-4-5(10)7(12)9(14)8(13)6(4)11;8-3-2(1-13)4(9)6(11)7(12)5(3)10/h2H2,1H3;1H. The Bertz CT molecular complexity index is 916. The molecule has 0 unspecified atom stereocenters. The molecule has 0 fully saturated rings. The highest BCUT2D eigenvalue weighted by Crippen LogP contribution is 2.44. The summed E-state index contributed by atoms with van der Waals surface area (Å²) >= 11 is 57.6. The maximum Gasteiger partial charge on any atom is 0.302 e. The molecule has 0 bridgehead atoms. The maximum atomic E-state index is 10.7. The summed E-state index contributed by atoms with van der Waals surface area (Å²) < 4.78 is 4.77. The van der Waals surface area contributed by atoms with Crippen molar-refractivity contribution >= 4 is 128 Å². The summed E-state index contributed by atoms with van der Waals surface area (Å²) in [6, 6.07) is 0. The van der Waals surface area contributed by atoms with Crippen molar-refractivity contribution in [1.82, 2.24) is 0 Å². The van der Waals surface area contributed by atoms with Gasteiger partial charge in [0.25, 0.3) is 0 Å². The quantitative estimate of drug-likeness (QED) is 0.152. The highest BCUT2D eigenvalue weighted by atomic mass is 35.5. The fourth-order valence-electron chi connectivity index (χ4n) is 1.68. The predicted octanol–water partition coefficient (Wildman–Crippen LogP) is 9.78. The van der Waals surface area contributed by atoms with Crippen LogP contribution in [-0.2, 0) is 16.1 Å². The first-order chi connectivity index (χ1) is 13.4. The van der Waals surface area contributed by atoms with Gasteiger partial charge in [0, 0.05) is 12.5 Å². The molecule has 0 atom stereocenters. The van der Waals surface area contributed by atoms with Crippen LogP contribution in [0.3, 0.4) is 0 Å². The molecule has 3 nitrogen and oxygen atoms in total. The molecule has 0 N–H and O–H groups in total. The summed E-state index contributed by atoms with van der Waals surface area (Å²) in [7, 11) is 0. The number of esters is 1. The first kappa shape index (κ1) is 27.5. The highest BCUT2D eigenvalue weighted by Gasteiger charge is 2.20. The van der Waals surface area contributed by atoms with Crippen molar-refractivity contribution in [2.45, 2.75) is 13.5 Å². The zero-order valence-electron chi connectivity index (χ0n) is 13.8. The van der Waals surface area contributed by atoms with E-state index in [0.29, 0.717) is 11.8 Å². The number of hydrogen-bond donors (Lipinski definition) is 0. The van der Waals surface area contributed by atoms with Crippen LogP contribution < -0.4 is 0 Å². The number of rotatable bonds is 3. The van der Waals surface area contributed by atoms with E-state index < -0.39 is 5.97 Å². The third-order valence-electron chi connectivity index (χ3n) is 3.08. The van der Waals surface area contributed by atoms with Gasteiger partial charge in [-0.15, -0.1) is 0 Å². The molecule has 0 heterocycles. The predicted molar refractivity (Wildman–Crippen MR) is 124 cm³/mol. The minimum absolute atomic E-state index is 0.0102. The van der Waals surface area contributed by atoms with Crippen molar-refractivity contribution in [2.24, 2.45) is 0 Å². The van der Waals surface area contributed by atoms with E-state index in [1.165, 1.54) is 6.92 Å². The number of benzene rings is 2.